The molecule has 27 heavy (non-hydrogen) atoms. The summed E-state index contributed by atoms with van der Waals surface area (Å²) in [6.07, 6.45) is 4.69. The van der Waals surface area contributed by atoms with E-state index in [0.717, 1.165) is 23.5 Å². The van der Waals surface area contributed by atoms with Crippen LogP contribution < -0.4 is 5.32 Å². The number of likely N-dealkylation sites (tertiary alicyclic amines) is 1. The molecule has 2 aromatic heterocycles. The first kappa shape index (κ1) is 22.7. The van der Waals surface area contributed by atoms with Crippen LogP contribution in [0.1, 0.15) is 29.5 Å². The van der Waals surface area contributed by atoms with Crippen LogP contribution in [0.3, 0.4) is 0 Å². The van der Waals surface area contributed by atoms with E-state index < -0.39 is 0 Å². The monoisotopic (exact) mass is 565 g/mol. The third-order valence-electron chi connectivity index (χ3n) is 4.95. The number of hydrogen-bond acceptors (Lipinski definition) is 3. The van der Waals surface area contributed by atoms with Gasteiger partial charge in [-0.3, -0.25) is 9.89 Å². The van der Waals surface area contributed by atoms with Crippen LogP contribution in [0.4, 0.5) is 0 Å². The molecule has 0 radical (unpaired) electrons. The molecule has 0 bridgehead atoms. The summed E-state index contributed by atoms with van der Waals surface area (Å²) >= 11 is 5.40. The molecule has 1 N–H and O–H groups in total. The lowest BCUT2D eigenvalue weighted by Gasteiger charge is -2.29. The van der Waals surface area contributed by atoms with Gasteiger partial charge in [-0.2, -0.15) is 0 Å². The Morgan fingerprint density at radius 3 is 2.70 bits per heavy atom. The van der Waals surface area contributed by atoms with Gasteiger partial charge < -0.3 is 14.8 Å². The van der Waals surface area contributed by atoms with E-state index >= 15 is 0 Å². The van der Waals surface area contributed by atoms with Crippen LogP contribution >= 0.6 is 51.2 Å². The highest BCUT2D eigenvalue weighted by atomic mass is 127. The number of nitrogens with zero attached hydrogens (tertiary/aromatic N) is 4. The van der Waals surface area contributed by atoms with Crippen LogP contribution in [0.5, 0.6) is 0 Å². The Labute approximate surface area is 192 Å². The predicted molar refractivity (Wildman–Crippen MR) is 129 cm³/mol. The Morgan fingerprint density at radius 2 is 2.15 bits per heavy atom. The van der Waals surface area contributed by atoms with Crippen molar-refractivity contribution >= 4 is 57.2 Å². The van der Waals surface area contributed by atoms with E-state index in [9.17, 15) is 0 Å². The van der Waals surface area contributed by atoms with E-state index in [1.165, 1.54) is 36.5 Å². The molecule has 1 aliphatic rings. The zero-order valence-electron chi connectivity index (χ0n) is 16.2. The molecule has 2 aromatic rings. The van der Waals surface area contributed by atoms with Gasteiger partial charge in [0.05, 0.1) is 12.6 Å². The lowest BCUT2D eigenvalue weighted by Crippen LogP contribution is -2.43. The quantitative estimate of drug-likeness (QED) is 0.322. The average molecular weight is 566 g/mol. The van der Waals surface area contributed by atoms with E-state index in [-0.39, 0.29) is 24.0 Å². The summed E-state index contributed by atoms with van der Waals surface area (Å²) in [4.78, 5) is 10.7. The van der Waals surface area contributed by atoms with Crippen molar-refractivity contribution in [3.05, 3.63) is 44.8 Å². The molecule has 3 rings (SSSR count). The normalized spacial score (nSPS) is 16.2. The van der Waals surface area contributed by atoms with Gasteiger partial charge in [-0.1, -0.05) is 6.07 Å². The number of hydrogen-bond donors (Lipinski definition) is 1. The van der Waals surface area contributed by atoms with Gasteiger partial charge in [-0.25, -0.2) is 0 Å². The van der Waals surface area contributed by atoms with Gasteiger partial charge in [0.2, 0.25) is 0 Å². The minimum absolute atomic E-state index is 0. The Hall–Kier alpha value is -0.580. The topological polar surface area (TPSA) is 35.8 Å². The molecule has 3 heterocycles. The highest BCUT2D eigenvalue weighted by Gasteiger charge is 2.24. The van der Waals surface area contributed by atoms with E-state index in [0.29, 0.717) is 6.04 Å². The van der Waals surface area contributed by atoms with Gasteiger partial charge in [-0.15, -0.1) is 35.3 Å². The van der Waals surface area contributed by atoms with Crippen molar-refractivity contribution in [2.75, 3.05) is 33.7 Å². The minimum atomic E-state index is 0. The number of nitrogens with one attached hydrogen (secondary N) is 1. The number of halogens is 2. The largest absolute Gasteiger partial charge is 0.354 e. The summed E-state index contributed by atoms with van der Waals surface area (Å²) in [5.41, 5.74) is 1.25. The summed E-state index contributed by atoms with van der Waals surface area (Å²) in [6, 6.07) is 6.98. The first-order valence-electron chi connectivity index (χ1n) is 9.08. The van der Waals surface area contributed by atoms with Gasteiger partial charge in [0.15, 0.2) is 5.96 Å². The Kier molecular flexibility index (Phi) is 9.10. The first-order chi connectivity index (χ1) is 12.6. The third kappa shape index (κ3) is 5.95. The molecule has 0 aliphatic carbocycles. The minimum Gasteiger partial charge on any atom is -0.354 e. The second-order valence-corrected chi connectivity index (χ2v) is 8.71. The van der Waals surface area contributed by atoms with E-state index in [1.54, 1.807) is 0 Å². The highest BCUT2D eigenvalue weighted by Crippen LogP contribution is 2.27. The van der Waals surface area contributed by atoms with Crippen molar-refractivity contribution < 1.29 is 0 Å². The van der Waals surface area contributed by atoms with E-state index in [4.69, 9.17) is 0 Å². The molecular weight excluding hydrogens is 537 g/mol. The smallest absolute Gasteiger partial charge is 0.193 e. The molecule has 1 unspecified atom stereocenters. The second kappa shape index (κ2) is 10.8. The van der Waals surface area contributed by atoms with Gasteiger partial charge in [0.25, 0.3) is 0 Å². The van der Waals surface area contributed by atoms with Crippen LogP contribution in [-0.4, -0.2) is 54.1 Å². The molecule has 0 spiro atoms. The van der Waals surface area contributed by atoms with Crippen LogP contribution in [0, 0.1) is 0 Å². The number of aromatic nitrogens is 1. The Bertz CT molecular complexity index is 725. The maximum Gasteiger partial charge on any atom is 0.193 e. The Morgan fingerprint density at radius 1 is 1.41 bits per heavy atom. The van der Waals surface area contributed by atoms with Gasteiger partial charge in [0, 0.05) is 48.9 Å². The fourth-order valence-corrected chi connectivity index (χ4v) is 4.99. The number of aliphatic imine (C=N–C) groups is 1. The zero-order chi connectivity index (χ0) is 18.5. The molecule has 0 aromatic carbocycles. The molecule has 1 atom stereocenters. The molecule has 1 fully saturated rings. The molecule has 0 saturated carbocycles. The van der Waals surface area contributed by atoms with Gasteiger partial charge in [-0.05, 0) is 59.4 Å². The van der Waals surface area contributed by atoms with E-state index in [1.807, 2.05) is 18.4 Å². The molecule has 8 heteroatoms. The molecule has 1 aliphatic heterocycles. The number of aryl methyl sites for hydroxylation is 1. The SMILES string of the molecule is CN=C(NCC(c1cccs1)N1CCCC1)N(C)Cc1cc(Br)cn1C.I. The van der Waals surface area contributed by atoms with Crippen LogP contribution in [0.15, 0.2) is 39.2 Å². The second-order valence-electron chi connectivity index (χ2n) is 6.82. The van der Waals surface area contributed by atoms with Crippen molar-refractivity contribution in [2.24, 2.45) is 12.0 Å². The molecular formula is C19H29BrIN5S. The maximum atomic E-state index is 4.50. The average Bonchev–Trinajstić information content (AvgIpc) is 3.35. The number of thiophene rings is 1. The van der Waals surface area contributed by atoms with Crippen molar-refractivity contribution in [2.45, 2.75) is 25.4 Å². The van der Waals surface area contributed by atoms with Crippen molar-refractivity contribution in [3.8, 4) is 0 Å². The van der Waals surface area contributed by atoms with Gasteiger partial charge >= 0.3 is 0 Å². The maximum absolute atomic E-state index is 4.50. The molecule has 150 valence electrons. The van der Waals surface area contributed by atoms with Crippen LogP contribution in [0.2, 0.25) is 0 Å². The summed E-state index contributed by atoms with van der Waals surface area (Å²) in [7, 11) is 6.02. The van der Waals surface area contributed by atoms with Crippen molar-refractivity contribution in [1.29, 1.82) is 0 Å². The standard InChI is InChI=1S/C19H28BrN5S.HI/c1-21-19(24(3)14-16-11-15(20)13-23(16)2)22-12-17(18-7-6-10-26-18)25-8-4-5-9-25;/h6-7,10-11,13,17H,4-5,8-9,12,14H2,1-3H3,(H,21,22);1H. The number of rotatable bonds is 6. The first-order valence-corrected chi connectivity index (χ1v) is 10.8. The molecule has 5 nitrogen and oxygen atoms in total. The Balaban J connectivity index is 0.00000261. The number of guanidine groups is 1. The fraction of sp³-hybridized carbons (Fsp3) is 0.526. The fourth-order valence-electron chi connectivity index (χ4n) is 3.56. The predicted octanol–water partition coefficient (Wildman–Crippen LogP) is 4.31. The van der Waals surface area contributed by atoms with Crippen LogP contribution in [0.25, 0.3) is 0 Å². The summed E-state index contributed by atoms with van der Waals surface area (Å²) in [6.45, 7) is 4.08. The van der Waals surface area contributed by atoms with Gasteiger partial charge in [0.1, 0.15) is 0 Å². The molecule has 1 saturated heterocycles. The van der Waals surface area contributed by atoms with Crippen molar-refractivity contribution in [3.63, 3.8) is 0 Å². The summed E-state index contributed by atoms with van der Waals surface area (Å²) in [5, 5.41) is 5.77. The molecule has 0 amide bonds. The lowest BCUT2D eigenvalue weighted by atomic mass is 10.2. The third-order valence-corrected chi connectivity index (χ3v) is 6.36. The summed E-state index contributed by atoms with van der Waals surface area (Å²) < 4.78 is 3.25. The highest BCUT2D eigenvalue weighted by molar-refractivity contribution is 14.0. The summed E-state index contributed by atoms with van der Waals surface area (Å²) in [5.74, 6) is 0.933. The van der Waals surface area contributed by atoms with E-state index in [2.05, 4.69) is 84.5 Å². The van der Waals surface area contributed by atoms with Crippen LogP contribution in [-0.2, 0) is 13.6 Å². The zero-order valence-corrected chi connectivity index (χ0v) is 20.9. The lowest BCUT2D eigenvalue weighted by molar-refractivity contribution is 0.247. The van der Waals surface area contributed by atoms with Crippen molar-refractivity contribution in [1.82, 2.24) is 19.7 Å².